The van der Waals surface area contributed by atoms with Gasteiger partial charge in [0.15, 0.2) is 0 Å². The first-order valence-electron chi connectivity index (χ1n) is 6.13. The summed E-state index contributed by atoms with van der Waals surface area (Å²) in [5, 5.41) is 6.41. The lowest BCUT2D eigenvalue weighted by Crippen LogP contribution is -2.39. The highest BCUT2D eigenvalue weighted by atomic mass is 16.6. The molecule has 0 aromatic carbocycles. The number of ether oxygens (including phenoxy) is 1. The minimum atomic E-state index is -0.407. The lowest BCUT2D eigenvalue weighted by Gasteiger charge is -2.22. The molecular weight excluding hydrogens is 204 g/mol. The van der Waals surface area contributed by atoms with E-state index in [1.165, 1.54) is 12.8 Å². The van der Waals surface area contributed by atoms with Gasteiger partial charge in [-0.2, -0.15) is 0 Å². The standard InChI is InChI=1S/C12H22N2O2/c1-11(2,3)16-10(15)13-8-9-4-7-14-12(9)5-6-12/h9,14H,4-8H2,1-3H3,(H,13,15). The molecule has 0 bridgehead atoms. The Morgan fingerprint density at radius 2 is 2.19 bits per heavy atom. The van der Waals surface area contributed by atoms with Crippen LogP contribution < -0.4 is 10.6 Å². The molecule has 4 nitrogen and oxygen atoms in total. The number of hydrogen-bond acceptors (Lipinski definition) is 3. The van der Waals surface area contributed by atoms with Gasteiger partial charge in [-0.05, 0) is 52.5 Å². The van der Waals surface area contributed by atoms with Gasteiger partial charge in [-0.25, -0.2) is 4.79 Å². The lowest BCUT2D eigenvalue weighted by molar-refractivity contribution is 0.0517. The molecule has 16 heavy (non-hydrogen) atoms. The van der Waals surface area contributed by atoms with Gasteiger partial charge in [0.2, 0.25) is 0 Å². The highest BCUT2D eigenvalue weighted by molar-refractivity contribution is 5.67. The second-order valence-electron chi connectivity index (χ2n) is 5.95. The maximum Gasteiger partial charge on any atom is 0.407 e. The van der Waals surface area contributed by atoms with E-state index in [-0.39, 0.29) is 6.09 Å². The molecule has 1 atom stereocenters. The molecule has 1 saturated heterocycles. The third kappa shape index (κ3) is 2.67. The van der Waals surface area contributed by atoms with Gasteiger partial charge in [-0.3, -0.25) is 0 Å². The van der Waals surface area contributed by atoms with E-state index in [0.717, 1.165) is 19.5 Å². The predicted octanol–water partition coefficient (Wildman–Crippen LogP) is 1.65. The summed E-state index contributed by atoms with van der Waals surface area (Å²) in [5.74, 6) is 0.583. The molecule has 2 N–H and O–H groups in total. The van der Waals surface area contributed by atoms with Crippen LogP contribution >= 0.6 is 0 Å². The van der Waals surface area contributed by atoms with Crippen molar-refractivity contribution in [3.05, 3.63) is 0 Å². The van der Waals surface area contributed by atoms with Crippen LogP contribution in [-0.2, 0) is 4.74 Å². The fourth-order valence-electron chi connectivity index (χ4n) is 2.45. The van der Waals surface area contributed by atoms with Gasteiger partial charge in [0.1, 0.15) is 5.60 Å². The first kappa shape index (κ1) is 11.7. The molecule has 1 amide bonds. The van der Waals surface area contributed by atoms with E-state index in [2.05, 4.69) is 10.6 Å². The molecular formula is C12H22N2O2. The van der Waals surface area contributed by atoms with Crippen LogP contribution in [0, 0.1) is 5.92 Å². The third-order valence-corrected chi connectivity index (χ3v) is 3.43. The van der Waals surface area contributed by atoms with Crippen LogP contribution in [0.2, 0.25) is 0 Å². The molecule has 1 unspecified atom stereocenters. The summed E-state index contributed by atoms with van der Waals surface area (Å²) >= 11 is 0. The zero-order valence-electron chi connectivity index (χ0n) is 10.4. The SMILES string of the molecule is CC(C)(C)OC(=O)NCC1CCNC12CC2. The predicted molar refractivity (Wildman–Crippen MR) is 62.3 cm³/mol. The minimum Gasteiger partial charge on any atom is -0.444 e. The summed E-state index contributed by atoms with van der Waals surface area (Å²) in [5.41, 5.74) is -0.0513. The first-order chi connectivity index (χ1) is 7.41. The summed E-state index contributed by atoms with van der Waals surface area (Å²) in [6.45, 7) is 7.47. The Morgan fingerprint density at radius 3 is 2.75 bits per heavy atom. The number of carbonyl (C=O) groups is 1. The molecule has 2 aliphatic rings. The molecule has 1 aliphatic heterocycles. The quantitative estimate of drug-likeness (QED) is 0.753. The van der Waals surface area contributed by atoms with Gasteiger partial charge in [0, 0.05) is 12.1 Å². The second-order valence-corrected chi connectivity index (χ2v) is 5.95. The van der Waals surface area contributed by atoms with Gasteiger partial charge >= 0.3 is 6.09 Å². The normalized spacial score (nSPS) is 26.8. The molecule has 0 aromatic rings. The summed E-state index contributed by atoms with van der Waals surface area (Å²) in [6.07, 6.45) is 3.38. The van der Waals surface area contributed by atoms with Gasteiger partial charge in [-0.15, -0.1) is 0 Å². The average molecular weight is 226 g/mol. The van der Waals surface area contributed by atoms with Crippen LogP contribution in [0.25, 0.3) is 0 Å². The number of alkyl carbamates (subject to hydrolysis) is 1. The van der Waals surface area contributed by atoms with Crippen LogP contribution in [0.5, 0.6) is 0 Å². The van der Waals surface area contributed by atoms with Crippen molar-refractivity contribution in [2.75, 3.05) is 13.1 Å². The third-order valence-electron chi connectivity index (χ3n) is 3.43. The van der Waals surface area contributed by atoms with Crippen molar-refractivity contribution in [2.45, 2.75) is 51.2 Å². The summed E-state index contributed by atoms with van der Waals surface area (Å²) in [7, 11) is 0. The smallest absolute Gasteiger partial charge is 0.407 e. The van der Waals surface area contributed by atoms with Crippen molar-refractivity contribution < 1.29 is 9.53 Å². The van der Waals surface area contributed by atoms with Crippen LogP contribution in [0.4, 0.5) is 4.79 Å². The zero-order chi connectivity index (χ0) is 11.8. The average Bonchev–Trinajstić information content (AvgIpc) is 2.75. The van der Waals surface area contributed by atoms with Crippen LogP contribution in [0.15, 0.2) is 0 Å². The molecule has 0 radical (unpaired) electrons. The van der Waals surface area contributed by atoms with E-state index >= 15 is 0 Å². The van der Waals surface area contributed by atoms with Crippen molar-refractivity contribution >= 4 is 6.09 Å². The summed E-state index contributed by atoms with van der Waals surface area (Å²) in [6, 6.07) is 0. The van der Waals surface area contributed by atoms with Crippen molar-refractivity contribution in [1.82, 2.24) is 10.6 Å². The molecule has 2 fully saturated rings. The van der Waals surface area contributed by atoms with E-state index in [9.17, 15) is 4.79 Å². The molecule has 1 saturated carbocycles. The Balaban J connectivity index is 1.73. The fraction of sp³-hybridized carbons (Fsp3) is 0.917. The highest BCUT2D eigenvalue weighted by Gasteiger charge is 2.51. The second kappa shape index (κ2) is 3.91. The molecule has 1 aliphatic carbocycles. The fourth-order valence-corrected chi connectivity index (χ4v) is 2.45. The van der Waals surface area contributed by atoms with Crippen molar-refractivity contribution in [2.24, 2.45) is 5.92 Å². The highest BCUT2D eigenvalue weighted by Crippen LogP contribution is 2.46. The summed E-state index contributed by atoms with van der Waals surface area (Å²) < 4.78 is 5.22. The van der Waals surface area contributed by atoms with E-state index in [0.29, 0.717) is 11.5 Å². The Bertz CT molecular complexity index is 279. The molecule has 4 heteroatoms. The number of amides is 1. The Labute approximate surface area is 97.1 Å². The van der Waals surface area contributed by atoms with Gasteiger partial charge in [0.05, 0.1) is 0 Å². The summed E-state index contributed by atoms with van der Waals surface area (Å²) in [4.78, 5) is 11.5. The molecule has 0 aromatic heterocycles. The zero-order valence-corrected chi connectivity index (χ0v) is 10.4. The van der Waals surface area contributed by atoms with E-state index in [1.807, 2.05) is 20.8 Å². The monoisotopic (exact) mass is 226 g/mol. The maximum atomic E-state index is 11.5. The number of carbonyl (C=O) groups excluding carboxylic acids is 1. The van der Waals surface area contributed by atoms with E-state index in [1.54, 1.807) is 0 Å². The topological polar surface area (TPSA) is 50.4 Å². The van der Waals surface area contributed by atoms with E-state index in [4.69, 9.17) is 4.74 Å². The molecule has 2 rings (SSSR count). The molecule has 1 spiro atoms. The Morgan fingerprint density at radius 1 is 1.50 bits per heavy atom. The number of rotatable bonds is 2. The minimum absolute atomic E-state index is 0.296. The number of hydrogen-bond donors (Lipinski definition) is 2. The van der Waals surface area contributed by atoms with E-state index < -0.39 is 5.60 Å². The van der Waals surface area contributed by atoms with Gasteiger partial charge in [0.25, 0.3) is 0 Å². The van der Waals surface area contributed by atoms with Crippen LogP contribution in [0.1, 0.15) is 40.0 Å². The largest absolute Gasteiger partial charge is 0.444 e. The first-order valence-corrected chi connectivity index (χ1v) is 6.13. The van der Waals surface area contributed by atoms with Gasteiger partial charge < -0.3 is 15.4 Å². The van der Waals surface area contributed by atoms with Crippen molar-refractivity contribution in [3.8, 4) is 0 Å². The van der Waals surface area contributed by atoms with Crippen molar-refractivity contribution in [3.63, 3.8) is 0 Å². The molecule has 1 heterocycles. The molecule has 92 valence electrons. The Hall–Kier alpha value is -0.770. The maximum absolute atomic E-state index is 11.5. The van der Waals surface area contributed by atoms with Crippen LogP contribution in [-0.4, -0.2) is 30.3 Å². The number of nitrogens with one attached hydrogen (secondary N) is 2. The Kier molecular flexibility index (Phi) is 2.86. The van der Waals surface area contributed by atoms with Gasteiger partial charge in [-0.1, -0.05) is 0 Å². The lowest BCUT2D eigenvalue weighted by atomic mass is 9.99. The van der Waals surface area contributed by atoms with Crippen molar-refractivity contribution in [1.29, 1.82) is 0 Å². The van der Waals surface area contributed by atoms with Crippen LogP contribution in [0.3, 0.4) is 0 Å².